The molecular formula is C19H29IN4S. The number of hydrogen-bond acceptors (Lipinski definition) is 3. The predicted octanol–water partition coefficient (Wildman–Crippen LogP) is 3.85. The van der Waals surface area contributed by atoms with Gasteiger partial charge in [-0.3, -0.25) is 4.90 Å². The van der Waals surface area contributed by atoms with Crippen LogP contribution in [0.4, 0.5) is 0 Å². The molecule has 0 saturated heterocycles. The Morgan fingerprint density at radius 1 is 1.12 bits per heavy atom. The van der Waals surface area contributed by atoms with Gasteiger partial charge >= 0.3 is 0 Å². The van der Waals surface area contributed by atoms with Crippen LogP contribution in [0.2, 0.25) is 0 Å². The summed E-state index contributed by atoms with van der Waals surface area (Å²) in [5.41, 5.74) is 8.45. The molecule has 0 aliphatic carbocycles. The minimum absolute atomic E-state index is 0. The number of nitrogens with zero attached hydrogens (tertiary/aromatic N) is 2. The lowest BCUT2D eigenvalue weighted by atomic mass is 10.1. The molecule has 4 nitrogen and oxygen atoms in total. The molecule has 2 aromatic rings. The van der Waals surface area contributed by atoms with E-state index in [9.17, 15) is 0 Å². The molecule has 0 atom stereocenters. The fraction of sp³-hybridized carbons (Fsp3) is 0.421. The van der Waals surface area contributed by atoms with Crippen molar-refractivity contribution in [3.63, 3.8) is 0 Å². The molecule has 1 aromatic heterocycles. The van der Waals surface area contributed by atoms with Crippen molar-refractivity contribution in [1.29, 1.82) is 0 Å². The average molecular weight is 472 g/mol. The zero-order valence-electron chi connectivity index (χ0n) is 15.1. The van der Waals surface area contributed by atoms with Gasteiger partial charge in [0.1, 0.15) is 0 Å². The topological polar surface area (TPSA) is 53.6 Å². The Hall–Kier alpha value is -1.12. The molecule has 6 heteroatoms. The molecule has 0 amide bonds. The summed E-state index contributed by atoms with van der Waals surface area (Å²) in [6.45, 7) is 8.99. The molecule has 0 fully saturated rings. The Labute approximate surface area is 172 Å². The summed E-state index contributed by atoms with van der Waals surface area (Å²) in [6.07, 6.45) is 0.980. The average Bonchev–Trinajstić information content (AvgIpc) is 3.12. The van der Waals surface area contributed by atoms with E-state index < -0.39 is 0 Å². The first-order valence-electron chi connectivity index (χ1n) is 8.57. The second-order valence-corrected chi connectivity index (χ2v) is 6.77. The molecule has 3 N–H and O–H groups in total. The predicted molar refractivity (Wildman–Crippen MR) is 120 cm³/mol. The molecule has 0 aliphatic rings. The highest BCUT2D eigenvalue weighted by atomic mass is 127. The molecule has 1 aromatic carbocycles. The Balaban J connectivity index is 0.00000312. The number of nitrogens with one attached hydrogen (secondary N) is 1. The molecule has 0 saturated carbocycles. The highest BCUT2D eigenvalue weighted by Crippen LogP contribution is 2.09. The number of aliphatic imine (C=N–C) groups is 1. The van der Waals surface area contributed by atoms with Crippen LogP contribution < -0.4 is 11.1 Å². The van der Waals surface area contributed by atoms with Crippen molar-refractivity contribution in [1.82, 2.24) is 10.2 Å². The van der Waals surface area contributed by atoms with Crippen molar-refractivity contribution < 1.29 is 0 Å². The molecule has 0 spiro atoms. The Morgan fingerprint density at radius 3 is 2.40 bits per heavy atom. The van der Waals surface area contributed by atoms with Crippen LogP contribution in [0.5, 0.6) is 0 Å². The minimum Gasteiger partial charge on any atom is -0.370 e. The molecule has 1 heterocycles. The minimum atomic E-state index is 0. The maximum absolute atomic E-state index is 5.93. The van der Waals surface area contributed by atoms with Crippen molar-refractivity contribution in [2.75, 3.05) is 19.6 Å². The SMILES string of the molecule is CCN(CC)Cc1ccc(CN=C(N)NCCc2cccs2)cc1.I. The lowest BCUT2D eigenvalue weighted by molar-refractivity contribution is 0.296. The van der Waals surface area contributed by atoms with E-state index in [0.29, 0.717) is 12.5 Å². The first-order chi connectivity index (χ1) is 11.7. The summed E-state index contributed by atoms with van der Waals surface area (Å²) in [7, 11) is 0. The van der Waals surface area contributed by atoms with E-state index in [1.54, 1.807) is 11.3 Å². The number of halogens is 1. The molecule has 0 unspecified atom stereocenters. The second-order valence-electron chi connectivity index (χ2n) is 5.74. The molecule has 0 bridgehead atoms. The summed E-state index contributed by atoms with van der Waals surface area (Å²) < 4.78 is 0. The fourth-order valence-corrected chi connectivity index (χ4v) is 3.17. The van der Waals surface area contributed by atoms with Gasteiger partial charge in [0.25, 0.3) is 0 Å². The van der Waals surface area contributed by atoms with Crippen molar-refractivity contribution in [2.24, 2.45) is 10.7 Å². The number of nitrogens with two attached hydrogens (primary N) is 1. The maximum Gasteiger partial charge on any atom is 0.188 e. The molecule has 2 rings (SSSR count). The first-order valence-corrected chi connectivity index (χ1v) is 9.45. The second kappa shape index (κ2) is 12.3. The van der Waals surface area contributed by atoms with Gasteiger partial charge < -0.3 is 11.1 Å². The van der Waals surface area contributed by atoms with E-state index in [4.69, 9.17) is 5.73 Å². The van der Waals surface area contributed by atoms with Gasteiger partial charge in [0, 0.05) is 18.0 Å². The Bertz CT molecular complexity index is 607. The fourth-order valence-electron chi connectivity index (χ4n) is 2.46. The van der Waals surface area contributed by atoms with E-state index in [2.05, 4.69) is 70.8 Å². The molecular weight excluding hydrogens is 443 g/mol. The summed E-state index contributed by atoms with van der Waals surface area (Å²) in [6, 6.07) is 12.9. The van der Waals surface area contributed by atoms with Crippen molar-refractivity contribution in [3.8, 4) is 0 Å². The number of hydrogen-bond donors (Lipinski definition) is 2. The van der Waals surface area contributed by atoms with Gasteiger partial charge in [0.2, 0.25) is 0 Å². The normalized spacial score (nSPS) is 11.4. The van der Waals surface area contributed by atoms with Gasteiger partial charge in [-0.25, -0.2) is 4.99 Å². The van der Waals surface area contributed by atoms with Crippen LogP contribution in [0.1, 0.15) is 29.9 Å². The third-order valence-corrected chi connectivity index (χ3v) is 4.95. The standard InChI is InChI=1S/C19H28N4S.HI/c1-3-23(4-2)15-17-9-7-16(8-10-17)14-22-19(20)21-12-11-18-6-5-13-24-18;/h5-10,13H,3-4,11-12,14-15H2,1-2H3,(H3,20,21,22);1H. The zero-order valence-corrected chi connectivity index (χ0v) is 18.2. The van der Waals surface area contributed by atoms with Crippen LogP contribution in [0.3, 0.4) is 0 Å². The summed E-state index contributed by atoms with van der Waals surface area (Å²) in [4.78, 5) is 8.18. The van der Waals surface area contributed by atoms with Crippen LogP contribution in [0.15, 0.2) is 46.8 Å². The van der Waals surface area contributed by atoms with Gasteiger partial charge in [0.15, 0.2) is 5.96 Å². The van der Waals surface area contributed by atoms with Crippen molar-refractivity contribution >= 4 is 41.3 Å². The first kappa shape index (κ1) is 21.9. The van der Waals surface area contributed by atoms with Crippen LogP contribution >= 0.6 is 35.3 Å². The Kier molecular flexibility index (Phi) is 10.8. The smallest absolute Gasteiger partial charge is 0.188 e. The summed E-state index contributed by atoms with van der Waals surface area (Å²) in [5, 5.41) is 5.27. The largest absolute Gasteiger partial charge is 0.370 e. The number of rotatable bonds is 9. The lowest BCUT2D eigenvalue weighted by Gasteiger charge is -2.17. The third-order valence-electron chi connectivity index (χ3n) is 4.01. The van der Waals surface area contributed by atoms with Gasteiger partial charge in [-0.1, -0.05) is 44.2 Å². The van der Waals surface area contributed by atoms with Crippen LogP contribution in [-0.2, 0) is 19.5 Å². The monoisotopic (exact) mass is 472 g/mol. The molecule has 138 valence electrons. The van der Waals surface area contributed by atoms with E-state index >= 15 is 0 Å². The third kappa shape index (κ3) is 8.20. The van der Waals surface area contributed by atoms with Gasteiger partial charge in [-0.2, -0.15) is 0 Å². The van der Waals surface area contributed by atoms with Gasteiger partial charge in [-0.15, -0.1) is 35.3 Å². The molecule has 25 heavy (non-hydrogen) atoms. The quantitative estimate of drug-likeness (QED) is 0.331. The summed E-state index contributed by atoms with van der Waals surface area (Å²) >= 11 is 1.77. The zero-order chi connectivity index (χ0) is 17.2. The van der Waals surface area contributed by atoms with Crippen LogP contribution in [0.25, 0.3) is 0 Å². The van der Waals surface area contributed by atoms with Gasteiger partial charge in [0.05, 0.1) is 6.54 Å². The van der Waals surface area contributed by atoms with Crippen LogP contribution in [-0.4, -0.2) is 30.5 Å². The van der Waals surface area contributed by atoms with Crippen LogP contribution in [0, 0.1) is 0 Å². The molecule has 0 aliphatic heterocycles. The number of benzene rings is 1. The lowest BCUT2D eigenvalue weighted by Crippen LogP contribution is -2.33. The van der Waals surface area contributed by atoms with Crippen molar-refractivity contribution in [3.05, 3.63) is 57.8 Å². The number of thiophene rings is 1. The van der Waals surface area contributed by atoms with E-state index in [1.807, 2.05) is 0 Å². The number of guanidine groups is 1. The van der Waals surface area contributed by atoms with Gasteiger partial charge in [-0.05, 0) is 42.1 Å². The Morgan fingerprint density at radius 2 is 1.80 bits per heavy atom. The van der Waals surface area contributed by atoms with Crippen molar-refractivity contribution in [2.45, 2.75) is 33.4 Å². The highest BCUT2D eigenvalue weighted by Gasteiger charge is 2.01. The highest BCUT2D eigenvalue weighted by molar-refractivity contribution is 14.0. The van der Waals surface area contributed by atoms with E-state index in [1.165, 1.54) is 16.0 Å². The maximum atomic E-state index is 5.93. The summed E-state index contributed by atoms with van der Waals surface area (Å²) in [5.74, 6) is 0.513. The van der Waals surface area contributed by atoms with E-state index in [-0.39, 0.29) is 24.0 Å². The molecule has 0 radical (unpaired) electrons. The van der Waals surface area contributed by atoms with E-state index in [0.717, 1.165) is 32.6 Å².